The molecule has 1 rings (SSSR count). The number of halogens is 1. The minimum absolute atomic E-state index is 0.0283. The lowest BCUT2D eigenvalue weighted by molar-refractivity contribution is 0.216. The third kappa shape index (κ3) is 4.13. The fourth-order valence-electron chi connectivity index (χ4n) is 1.33. The molecule has 0 aromatic rings. The number of hydrogen-bond acceptors (Lipinski definition) is 3. The maximum atomic E-state index is 11.3. The van der Waals surface area contributed by atoms with Gasteiger partial charge in [0.2, 0.25) is 10.0 Å². The monoisotopic (exact) mass is 241 g/mol. The average Bonchev–Trinajstić information content (AvgIpc) is 2.07. The molecule has 0 radical (unpaired) electrons. The maximum absolute atomic E-state index is 11.3. The SMILES string of the molecule is COCCS(=O)(=O)NCC1CC(Cl)C1. The Labute approximate surface area is 90.0 Å². The summed E-state index contributed by atoms with van der Waals surface area (Å²) in [6.45, 7) is 0.743. The largest absolute Gasteiger partial charge is 0.384 e. The van der Waals surface area contributed by atoms with Crippen molar-refractivity contribution < 1.29 is 13.2 Å². The number of hydrogen-bond donors (Lipinski definition) is 1. The van der Waals surface area contributed by atoms with Gasteiger partial charge in [-0.2, -0.15) is 0 Å². The summed E-state index contributed by atoms with van der Waals surface area (Å²) in [6, 6.07) is 0. The molecule has 0 amide bonds. The molecule has 14 heavy (non-hydrogen) atoms. The fourth-order valence-corrected chi connectivity index (χ4v) is 2.86. The van der Waals surface area contributed by atoms with Crippen LogP contribution in [0.25, 0.3) is 0 Å². The van der Waals surface area contributed by atoms with Crippen molar-refractivity contribution in [3.63, 3.8) is 0 Å². The van der Waals surface area contributed by atoms with Crippen molar-refractivity contribution in [1.82, 2.24) is 4.72 Å². The standard InChI is InChI=1S/C8H16ClNO3S/c1-13-2-3-14(11,12)10-6-7-4-8(9)5-7/h7-8,10H,2-6H2,1H3. The molecule has 84 valence electrons. The third-order valence-electron chi connectivity index (χ3n) is 2.33. The van der Waals surface area contributed by atoms with E-state index in [1.54, 1.807) is 0 Å². The lowest BCUT2D eigenvalue weighted by atomic mass is 9.85. The quantitative estimate of drug-likeness (QED) is 0.692. The Hall–Kier alpha value is 0.160. The molecule has 0 unspecified atom stereocenters. The molecule has 1 aliphatic carbocycles. The van der Waals surface area contributed by atoms with E-state index in [0.717, 1.165) is 12.8 Å². The van der Waals surface area contributed by atoms with Crippen LogP contribution in [0.2, 0.25) is 0 Å². The molecule has 0 aliphatic heterocycles. The first-order valence-electron chi connectivity index (χ1n) is 4.64. The van der Waals surface area contributed by atoms with Gasteiger partial charge in [0.1, 0.15) is 0 Å². The van der Waals surface area contributed by atoms with Crippen molar-refractivity contribution in [1.29, 1.82) is 0 Å². The van der Waals surface area contributed by atoms with Crippen LogP contribution < -0.4 is 4.72 Å². The molecule has 0 spiro atoms. The van der Waals surface area contributed by atoms with E-state index in [1.165, 1.54) is 7.11 Å². The molecule has 1 N–H and O–H groups in total. The average molecular weight is 242 g/mol. The Morgan fingerprint density at radius 3 is 2.64 bits per heavy atom. The Kier molecular flexibility index (Phi) is 4.63. The number of rotatable bonds is 6. The molecule has 0 atom stereocenters. The Morgan fingerprint density at radius 2 is 2.14 bits per heavy atom. The van der Waals surface area contributed by atoms with Crippen LogP contribution in [0.15, 0.2) is 0 Å². The third-order valence-corrected chi connectivity index (χ3v) is 3.99. The van der Waals surface area contributed by atoms with Crippen LogP contribution in [-0.4, -0.2) is 39.8 Å². The molecular formula is C8H16ClNO3S. The Balaban J connectivity index is 2.16. The smallest absolute Gasteiger partial charge is 0.213 e. The second kappa shape index (κ2) is 5.30. The van der Waals surface area contributed by atoms with E-state index in [0.29, 0.717) is 12.5 Å². The van der Waals surface area contributed by atoms with E-state index in [1.807, 2.05) is 0 Å². The van der Waals surface area contributed by atoms with Gasteiger partial charge in [-0.1, -0.05) is 0 Å². The van der Waals surface area contributed by atoms with Crippen LogP contribution in [0.3, 0.4) is 0 Å². The second-order valence-electron chi connectivity index (χ2n) is 3.59. The van der Waals surface area contributed by atoms with E-state index in [9.17, 15) is 8.42 Å². The van der Waals surface area contributed by atoms with Gasteiger partial charge in [0.05, 0.1) is 12.4 Å². The first-order valence-corrected chi connectivity index (χ1v) is 6.72. The van der Waals surface area contributed by atoms with Crippen LogP contribution in [0.1, 0.15) is 12.8 Å². The van der Waals surface area contributed by atoms with Crippen molar-refractivity contribution >= 4 is 21.6 Å². The number of ether oxygens (including phenoxy) is 1. The number of alkyl halides is 1. The highest BCUT2D eigenvalue weighted by Crippen LogP contribution is 2.31. The minimum Gasteiger partial charge on any atom is -0.384 e. The number of nitrogens with one attached hydrogen (secondary N) is 1. The summed E-state index contributed by atoms with van der Waals surface area (Å²) in [4.78, 5) is 0. The molecule has 0 bridgehead atoms. The van der Waals surface area contributed by atoms with Gasteiger partial charge in [0, 0.05) is 19.0 Å². The molecular weight excluding hydrogens is 226 g/mol. The first kappa shape index (κ1) is 12.2. The van der Waals surface area contributed by atoms with Crippen LogP contribution in [-0.2, 0) is 14.8 Å². The highest BCUT2D eigenvalue weighted by molar-refractivity contribution is 7.89. The molecule has 6 heteroatoms. The van der Waals surface area contributed by atoms with Crippen LogP contribution in [0.5, 0.6) is 0 Å². The summed E-state index contributed by atoms with van der Waals surface area (Å²) in [5.74, 6) is 0.440. The molecule has 1 fully saturated rings. The van der Waals surface area contributed by atoms with Crippen LogP contribution in [0, 0.1) is 5.92 Å². The van der Waals surface area contributed by atoms with E-state index in [4.69, 9.17) is 16.3 Å². The van der Waals surface area contributed by atoms with Crippen molar-refractivity contribution in [3.8, 4) is 0 Å². The van der Waals surface area contributed by atoms with Gasteiger partial charge < -0.3 is 4.74 Å². The molecule has 0 aromatic heterocycles. The van der Waals surface area contributed by atoms with Gasteiger partial charge in [-0.15, -0.1) is 11.6 Å². The minimum atomic E-state index is -3.15. The molecule has 1 aliphatic rings. The van der Waals surface area contributed by atoms with Crippen LogP contribution >= 0.6 is 11.6 Å². The summed E-state index contributed by atoms with van der Waals surface area (Å²) in [7, 11) is -1.66. The van der Waals surface area contributed by atoms with Crippen molar-refractivity contribution in [2.45, 2.75) is 18.2 Å². The lowest BCUT2D eigenvalue weighted by Crippen LogP contribution is -2.38. The van der Waals surface area contributed by atoms with E-state index >= 15 is 0 Å². The van der Waals surface area contributed by atoms with Gasteiger partial charge >= 0.3 is 0 Å². The Morgan fingerprint density at radius 1 is 1.50 bits per heavy atom. The zero-order chi connectivity index (χ0) is 10.6. The fraction of sp³-hybridized carbons (Fsp3) is 1.00. The summed E-state index contributed by atoms with van der Waals surface area (Å²) in [5, 5.41) is 0.239. The predicted molar refractivity (Wildman–Crippen MR) is 56.0 cm³/mol. The summed E-state index contributed by atoms with van der Waals surface area (Å²) >= 11 is 5.78. The highest BCUT2D eigenvalue weighted by atomic mass is 35.5. The summed E-state index contributed by atoms with van der Waals surface area (Å²) in [5.41, 5.74) is 0. The van der Waals surface area contributed by atoms with Gasteiger partial charge in [-0.05, 0) is 18.8 Å². The van der Waals surface area contributed by atoms with Crippen molar-refractivity contribution in [3.05, 3.63) is 0 Å². The zero-order valence-electron chi connectivity index (χ0n) is 8.20. The van der Waals surface area contributed by atoms with Gasteiger partial charge in [-0.3, -0.25) is 0 Å². The second-order valence-corrected chi connectivity index (χ2v) is 6.14. The van der Waals surface area contributed by atoms with Crippen LogP contribution in [0.4, 0.5) is 0 Å². The molecule has 1 saturated carbocycles. The van der Waals surface area contributed by atoms with E-state index < -0.39 is 10.0 Å². The van der Waals surface area contributed by atoms with E-state index in [-0.39, 0.29) is 17.7 Å². The van der Waals surface area contributed by atoms with Gasteiger partial charge in [-0.25, -0.2) is 13.1 Å². The normalized spacial score (nSPS) is 27.3. The van der Waals surface area contributed by atoms with Gasteiger partial charge in [0.15, 0.2) is 0 Å². The van der Waals surface area contributed by atoms with Crippen molar-refractivity contribution in [2.75, 3.05) is 26.0 Å². The molecule has 0 aromatic carbocycles. The first-order chi connectivity index (χ1) is 6.53. The molecule has 0 heterocycles. The maximum Gasteiger partial charge on any atom is 0.213 e. The predicted octanol–water partition coefficient (Wildman–Crippen LogP) is 0.570. The topological polar surface area (TPSA) is 55.4 Å². The molecule has 0 saturated heterocycles. The zero-order valence-corrected chi connectivity index (χ0v) is 9.77. The molecule has 4 nitrogen and oxygen atoms in total. The Bertz CT molecular complexity index is 262. The van der Waals surface area contributed by atoms with E-state index in [2.05, 4.69) is 4.72 Å². The van der Waals surface area contributed by atoms with Crippen molar-refractivity contribution in [2.24, 2.45) is 5.92 Å². The summed E-state index contributed by atoms with van der Waals surface area (Å²) in [6.07, 6.45) is 1.82. The number of methoxy groups -OCH3 is 1. The highest BCUT2D eigenvalue weighted by Gasteiger charge is 2.27. The van der Waals surface area contributed by atoms with Gasteiger partial charge in [0.25, 0.3) is 0 Å². The lowest BCUT2D eigenvalue weighted by Gasteiger charge is -2.30. The number of sulfonamides is 1. The summed E-state index contributed by atoms with van der Waals surface area (Å²) < 4.78 is 29.8.